The smallest absolute Gasteiger partial charge is 0.255 e. The molecule has 1 aliphatic rings. The Morgan fingerprint density at radius 1 is 1.21 bits per heavy atom. The largest absolute Gasteiger partial charge is 0.322 e. The first-order valence-electron chi connectivity index (χ1n) is 9.37. The molecule has 0 spiro atoms. The summed E-state index contributed by atoms with van der Waals surface area (Å²) in [5.41, 5.74) is 4.25. The SMILES string of the molecule is Cc1cc(C(=O)NC2=CCC(C)c3nc(-c4ccccc4)cn3C=C2)ccn1. The van der Waals surface area contributed by atoms with Gasteiger partial charge in [0.1, 0.15) is 5.82 Å². The topological polar surface area (TPSA) is 59.8 Å². The highest BCUT2D eigenvalue weighted by Crippen LogP contribution is 2.26. The first-order valence-corrected chi connectivity index (χ1v) is 9.37. The number of hydrogen-bond acceptors (Lipinski definition) is 3. The third-order valence-electron chi connectivity index (χ3n) is 4.79. The van der Waals surface area contributed by atoms with Crippen molar-refractivity contribution in [3.63, 3.8) is 0 Å². The number of imidazole rings is 1. The zero-order valence-electron chi connectivity index (χ0n) is 16.0. The number of carbonyl (C=O) groups excluding carboxylic acids is 1. The van der Waals surface area contributed by atoms with Crippen LogP contribution in [-0.4, -0.2) is 20.4 Å². The predicted octanol–water partition coefficient (Wildman–Crippen LogP) is 4.55. The van der Waals surface area contributed by atoms with Gasteiger partial charge in [-0.05, 0) is 31.6 Å². The Labute approximate surface area is 164 Å². The summed E-state index contributed by atoms with van der Waals surface area (Å²) in [4.78, 5) is 21.5. The molecule has 28 heavy (non-hydrogen) atoms. The van der Waals surface area contributed by atoms with Crippen LogP contribution in [0.5, 0.6) is 0 Å². The third kappa shape index (κ3) is 3.78. The molecule has 2 aromatic heterocycles. The van der Waals surface area contributed by atoms with Crippen molar-refractivity contribution < 1.29 is 4.79 Å². The summed E-state index contributed by atoms with van der Waals surface area (Å²) in [5, 5.41) is 2.99. The van der Waals surface area contributed by atoms with Crippen LogP contribution in [0.1, 0.15) is 41.1 Å². The van der Waals surface area contributed by atoms with E-state index in [4.69, 9.17) is 4.98 Å². The Hall–Kier alpha value is -3.47. The van der Waals surface area contributed by atoms with Gasteiger partial charge < -0.3 is 9.88 Å². The fourth-order valence-electron chi connectivity index (χ4n) is 3.26. The number of aryl methyl sites for hydroxylation is 1. The Morgan fingerprint density at radius 3 is 2.82 bits per heavy atom. The summed E-state index contributed by atoms with van der Waals surface area (Å²) < 4.78 is 2.04. The molecule has 3 aromatic rings. The van der Waals surface area contributed by atoms with Gasteiger partial charge in [0.05, 0.1) is 5.69 Å². The molecule has 5 heteroatoms. The van der Waals surface area contributed by atoms with Gasteiger partial charge in [-0.1, -0.05) is 43.3 Å². The van der Waals surface area contributed by atoms with E-state index in [1.165, 1.54) is 0 Å². The molecule has 1 aliphatic heterocycles. The molecule has 4 rings (SSSR count). The van der Waals surface area contributed by atoms with E-state index in [9.17, 15) is 4.79 Å². The van der Waals surface area contributed by atoms with E-state index in [1.807, 2.05) is 54.2 Å². The molecule has 1 amide bonds. The summed E-state index contributed by atoms with van der Waals surface area (Å²) in [5.74, 6) is 1.12. The number of hydrogen-bond donors (Lipinski definition) is 1. The highest BCUT2D eigenvalue weighted by Gasteiger charge is 2.16. The predicted molar refractivity (Wildman–Crippen MR) is 111 cm³/mol. The minimum atomic E-state index is -0.134. The number of carbonyl (C=O) groups is 1. The van der Waals surface area contributed by atoms with Crippen LogP contribution in [-0.2, 0) is 0 Å². The average Bonchev–Trinajstić information content (AvgIpc) is 3.13. The van der Waals surface area contributed by atoms with Gasteiger partial charge in [0.15, 0.2) is 0 Å². The van der Waals surface area contributed by atoms with Crippen molar-refractivity contribution in [1.82, 2.24) is 19.9 Å². The van der Waals surface area contributed by atoms with E-state index in [0.717, 1.165) is 34.9 Å². The fraction of sp³-hybridized carbons (Fsp3) is 0.174. The summed E-state index contributed by atoms with van der Waals surface area (Å²) in [7, 11) is 0. The maximum Gasteiger partial charge on any atom is 0.255 e. The number of rotatable bonds is 3. The van der Waals surface area contributed by atoms with Crippen LogP contribution in [0.3, 0.4) is 0 Å². The number of nitrogens with one attached hydrogen (secondary N) is 1. The summed E-state index contributed by atoms with van der Waals surface area (Å²) >= 11 is 0. The van der Waals surface area contributed by atoms with Gasteiger partial charge in [-0.25, -0.2) is 4.98 Å². The normalized spacial score (nSPS) is 15.9. The fourth-order valence-corrected chi connectivity index (χ4v) is 3.26. The maximum atomic E-state index is 12.5. The number of amides is 1. The molecule has 1 aromatic carbocycles. The zero-order chi connectivity index (χ0) is 19.5. The first kappa shape index (κ1) is 17.9. The van der Waals surface area contributed by atoms with E-state index >= 15 is 0 Å². The molecular formula is C23H22N4O. The lowest BCUT2D eigenvalue weighted by Crippen LogP contribution is -2.22. The molecule has 0 saturated heterocycles. The van der Waals surface area contributed by atoms with Gasteiger partial charge >= 0.3 is 0 Å². The van der Waals surface area contributed by atoms with Crippen LogP contribution in [0.4, 0.5) is 0 Å². The van der Waals surface area contributed by atoms with Gasteiger partial charge in [-0.3, -0.25) is 9.78 Å². The molecule has 0 aliphatic carbocycles. The molecule has 0 fully saturated rings. The first-order chi connectivity index (χ1) is 13.6. The number of nitrogens with zero attached hydrogens (tertiary/aromatic N) is 3. The van der Waals surface area contributed by atoms with E-state index < -0.39 is 0 Å². The van der Waals surface area contributed by atoms with Crippen LogP contribution >= 0.6 is 0 Å². The second-order valence-electron chi connectivity index (χ2n) is 7.01. The van der Waals surface area contributed by atoms with Crippen molar-refractivity contribution in [1.29, 1.82) is 0 Å². The molecule has 3 heterocycles. The van der Waals surface area contributed by atoms with Crippen molar-refractivity contribution in [2.24, 2.45) is 0 Å². The van der Waals surface area contributed by atoms with Crippen molar-refractivity contribution in [2.45, 2.75) is 26.2 Å². The average molecular weight is 370 g/mol. The lowest BCUT2D eigenvalue weighted by Gasteiger charge is -2.14. The van der Waals surface area contributed by atoms with Gasteiger partial charge in [0.25, 0.3) is 5.91 Å². The van der Waals surface area contributed by atoms with Gasteiger partial charge in [-0.15, -0.1) is 0 Å². The zero-order valence-corrected chi connectivity index (χ0v) is 16.0. The monoisotopic (exact) mass is 370 g/mol. The van der Waals surface area contributed by atoms with E-state index in [2.05, 4.69) is 29.4 Å². The van der Waals surface area contributed by atoms with Crippen LogP contribution in [0.15, 0.2) is 72.7 Å². The van der Waals surface area contributed by atoms with Crippen LogP contribution in [0, 0.1) is 6.92 Å². The van der Waals surface area contributed by atoms with Crippen molar-refractivity contribution in [3.05, 3.63) is 89.8 Å². The summed E-state index contributed by atoms with van der Waals surface area (Å²) in [6.45, 7) is 4.02. The van der Waals surface area contributed by atoms with Gasteiger partial charge in [0, 0.05) is 47.0 Å². The van der Waals surface area contributed by atoms with Crippen LogP contribution < -0.4 is 5.32 Å². The molecule has 5 nitrogen and oxygen atoms in total. The van der Waals surface area contributed by atoms with E-state index in [0.29, 0.717) is 5.56 Å². The number of aromatic nitrogens is 3. The number of fused-ring (bicyclic) bond motifs is 1. The molecule has 0 radical (unpaired) electrons. The van der Waals surface area contributed by atoms with Crippen molar-refractivity contribution >= 4 is 12.1 Å². The highest BCUT2D eigenvalue weighted by atomic mass is 16.1. The van der Waals surface area contributed by atoms with Gasteiger partial charge in [0.2, 0.25) is 0 Å². The standard InChI is InChI=1S/C23H22N4O/c1-16-8-9-20(25-23(28)19-10-12-24-17(2)14-19)11-13-27-15-21(26-22(16)27)18-6-4-3-5-7-18/h3-7,9-16H,8H2,1-2H3,(H,25,28). The maximum absolute atomic E-state index is 12.5. The highest BCUT2D eigenvalue weighted by molar-refractivity contribution is 5.95. The van der Waals surface area contributed by atoms with E-state index in [-0.39, 0.29) is 11.8 Å². The Kier molecular flexibility index (Phi) is 4.89. The third-order valence-corrected chi connectivity index (χ3v) is 4.79. The Bertz CT molecular complexity index is 1060. The quantitative estimate of drug-likeness (QED) is 0.736. The second kappa shape index (κ2) is 7.64. The number of pyridine rings is 1. The lowest BCUT2D eigenvalue weighted by molar-refractivity contribution is 0.0967. The molecule has 1 atom stereocenters. The van der Waals surface area contributed by atoms with Gasteiger partial charge in [-0.2, -0.15) is 0 Å². The molecule has 0 bridgehead atoms. The second-order valence-corrected chi connectivity index (χ2v) is 7.01. The number of allylic oxidation sites excluding steroid dienone is 2. The lowest BCUT2D eigenvalue weighted by atomic mass is 10.1. The number of benzene rings is 1. The van der Waals surface area contributed by atoms with Crippen molar-refractivity contribution in [3.8, 4) is 11.3 Å². The molecule has 1 N–H and O–H groups in total. The Morgan fingerprint density at radius 2 is 2.04 bits per heavy atom. The minimum Gasteiger partial charge on any atom is -0.322 e. The molecular weight excluding hydrogens is 348 g/mol. The summed E-state index contributed by atoms with van der Waals surface area (Å²) in [6.07, 6.45) is 10.4. The van der Waals surface area contributed by atoms with Crippen LogP contribution in [0.2, 0.25) is 0 Å². The van der Waals surface area contributed by atoms with Crippen LogP contribution in [0.25, 0.3) is 17.5 Å². The minimum absolute atomic E-state index is 0.134. The Balaban J connectivity index is 1.58. The molecule has 0 saturated carbocycles. The van der Waals surface area contributed by atoms with Crippen molar-refractivity contribution in [2.75, 3.05) is 0 Å². The van der Waals surface area contributed by atoms with E-state index in [1.54, 1.807) is 18.3 Å². The molecule has 140 valence electrons. The molecule has 1 unspecified atom stereocenters. The summed E-state index contributed by atoms with van der Waals surface area (Å²) in [6, 6.07) is 13.7.